The van der Waals surface area contributed by atoms with Gasteiger partial charge in [-0.15, -0.1) is 10.2 Å². The van der Waals surface area contributed by atoms with Gasteiger partial charge >= 0.3 is 0 Å². The summed E-state index contributed by atoms with van der Waals surface area (Å²) in [5.74, 6) is 0.770. The first-order chi connectivity index (χ1) is 11.3. The van der Waals surface area contributed by atoms with Crippen LogP contribution < -0.4 is 0 Å². The summed E-state index contributed by atoms with van der Waals surface area (Å²) in [7, 11) is 0. The highest BCUT2D eigenvalue weighted by Crippen LogP contribution is 2.22. The molecule has 0 fully saturated rings. The molecule has 0 spiro atoms. The standard InChI is InChI=1S/C18H14N4S/c1-13-6-5-7-14(12-13)10-11-16-21-22-17(19-20-18(22)23-16)15-8-3-2-4-9-15/h2-12H,1H3/b11-10+. The lowest BCUT2D eigenvalue weighted by Crippen LogP contribution is -1.90. The minimum Gasteiger partial charge on any atom is -0.182 e. The predicted octanol–water partition coefficient (Wildman–Crippen LogP) is 4.33. The number of aromatic nitrogens is 4. The van der Waals surface area contributed by atoms with E-state index in [9.17, 15) is 0 Å². The van der Waals surface area contributed by atoms with Gasteiger partial charge in [0.15, 0.2) is 5.82 Å². The molecular weight excluding hydrogens is 304 g/mol. The molecule has 4 rings (SSSR count). The molecule has 5 heteroatoms. The van der Waals surface area contributed by atoms with Crippen molar-refractivity contribution in [3.05, 3.63) is 70.7 Å². The lowest BCUT2D eigenvalue weighted by atomic mass is 10.1. The minimum absolute atomic E-state index is 0.770. The molecule has 0 aliphatic rings. The molecule has 0 aliphatic carbocycles. The molecule has 2 aromatic carbocycles. The van der Waals surface area contributed by atoms with Gasteiger partial charge in [0.05, 0.1) is 0 Å². The highest BCUT2D eigenvalue weighted by molar-refractivity contribution is 7.17. The first-order valence-electron chi connectivity index (χ1n) is 7.32. The van der Waals surface area contributed by atoms with Crippen molar-refractivity contribution in [3.8, 4) is 11.4 Å². The van der Waals surface area contributed by atoms with Crippen LogP contribution in [0.15, 0.2) is 54.6 Å². The average molecular weight is 318 g/mol. The van der Waals surface area contributed by atoms with Crippen LogP contribution in [0.3, 0.4) is 0 Å². The van der Waals surface area contributed by atoms with Crippen LogP contribution in [0.4, 0.5) is 0 Å². The Hall–Kier alpha value is -2.79. The fourth-order valence-electron chi connectivity index (χ4n) is 2.41. The summed E-state index contributed by atoms with van der Waals surface area (Å²) >= 11 is 1.53. The number of hydrogen-bond donors (Lipinski definition) is 0. The zero-order chi connectivity index (χ0) is 15.6. The van der Waals surface area contributed by atoms with Crippen molar-refractivity contribution in [2.45, 2.75) is 6.92 Å². The smallest absolute Gasteiger partial charge is 0.182 e. The summed E-state index contributed by atoms with van der Waals surface area (Å²) in [4.78, 5) is 0.799. The molecule has 2 heterocycles. The maximum Gasteiger partial charge on any atom is 0.235 e. The molecule has 0 aliphatic heterocycles. The third-order valence-electron chi connectivity index (χ3n) is 3.50. The molecule has 0 saturated heterocycles. The van der Waals surface area contributed by atoms with E-state index in [1.165, 1.54) is 22.5 Å². The molecule has 0 radical (unpaired) electrons. The second-order valence-corrected chi connectivity index (χ2v) is 6.26. The summed E-state index contributed by atoms with van der Waals surface area (Å²) in [6.07, 6.45) is 4.09. The highest BCUT2D eigenvalue weighted by atomic mass is 32.1. The number of fused-ring (bicyclic) bond motifs is 1. The van der Waals surface area contributed by atoms with E-state index in [4.69, 9.17) is 0 Å². The molecule has 4 aromatic rings. The molecule has 0 unspecified atom stereocenters. The summed E-state index contributed by atoms with van der Waals surface area (Å²) in [6, 6.07) is 18.4. The van der Waals surface area contributed by atoms with Crippen LogP contribution >= 0.6 is 11.3 Å². The number of nitrogens with zero attached hydrogens (tertiary/aromatic N) is 4. The average Bonchev–Trinajstić information content (AvgIpc) is 3.14. The van der Waals surface area contributed by atoms with Crippen LogP contribution in [0.25, 0.3) is 28.5 Å². The number of hydrogen-bond acceptors (Lipinski definition) is 4. The monoisotopic (exact) mass is 318 g/mol. The van der Waals surface area contributed by atoms with E-state index in [1.807, 2.05) is 36.4 Å². The lowest BCUT2D eigenvalue weighted by Gasteiger charge is -1.95. The molecule has 2 aromatic heterocycles. The Balaban J connectivity index is 1.69. The van der Waals surface area contributed by atoms with Gasteiger partial charge in [-0.2, -0.15) is 9.61 Å². The van der Waals surface area contributed by atoms with Gasteiger partial charge in [0.25, 0.3) is 0 Å². The lowest BCUT2D eigenvalue weighted by molar-refractivity contribution is 0.960. The fraction of sp³-hybridized carbons (Fsp3) is 0.0556. The van der Waals surface area contributed by atoms with Crippen molar-refractivity contribution in [2.75, 3.05) is 0 Å². The van der Waals surface area contributed by atoms with Gasteiger partial charge < -0.3 is 0 Å². The summed E-state index contributed by atoms with van der Waals surface area (Å²) in [5.41, 5.74) is 3.43. The highest BCUT2D eigenvalue weighted by Gasteiger charge is 2.11. The molecule has 4 nitrogen and oxygen atoms in total. The van der Waals surface area contributed by atoms with Crippen molar-refractivity contribution in [1.29, 1.82) is 0 Å². The molecule has 0 atom stereocenters. The van der Waals surface area contributed by atoms with E-state index in [-0.39, 0.29) is 0 Å². The molecule has 0 N–H and O–H groups in total. The van der Waals surface area contributed by atoms with Crippen LogP contribution in [-0.4, -0.2) is 19.8 Å². The predicted molar refractivity (Wildman–Crippen MR) is 94.2 cm³/mol. The topological polar surface area (TPSA) is 43.1 Å². The van der Waals surface area contributed by atoms with Gasteiger partial charge in [0, 0.05) is 5.56 Å². The van der Waals surface area contributed by atoms with Gasteiger partial charge in [-0.1, -0.05) is 77.6 Å². The SMILES string of the molecule is Cc1cccc(/C=C/c2nn3c(-c4ccccc4)nnc3s2)c1. The second-order valence-electron chi connectivity index (χ2n) is 5.27. The molecular formula is C18H14N4S. The molecule has 0 saturated carbocycles. The third-order valence-corrected chi connectivity index (χ3v) is 4.36. The minimum atomic E-state index is 0.770. The van der Waals surface area contributed by atoms with Crippen molar-refractivity contribution < 1.29 is 0 Å². The van der Waals surface area contributed by atoms with Gasteiger partial charge in [-0.25, -0.2) is 0 Å². The maximum absolute atomic E-state index is 4.61. The Labute approximate surface area is 137 Å². The van der Waals surface area contributed by atoms with Crippen molar-refractivity contribution in [1.82, 2.24) is 19.8 Å². The summed E-state index contributed by atoms with van der Waals surface area (Å²) in [5, 5.41) is 14.0. The van der Waals surface area contributed by atoms with Gasteiger partial charge in [-0.05, 0) is 18.6 Å². The number of benzene rings is 2. The fourth-order valence-corrected chi connectivity index (χ4v) is 3.15. The quantitative estimate of drug-likeness (QED) is 0.564. The van der Waals surface area contributed by atoms with Gasteiger partial charge in [0.2, 0.25) is 4.96 Å². The number of aryl methyl sites for hydroxylation is 1. The zero-order valence-corrected chi connectivity index (χ0v) is 13.4. The van der Waals surface area contributed by atoms with E-state index < -0.39 is 0 Å². The van der Waals surface area contributed by atoms with E-state index in [2.05, 4.69) is 52.6 Å². The van der Waals surface area contributed by atoms with Crippen molar-refractivity contribution >= 4 is 28.4 Å². The van der Waals surface area contributed by atoms with Crippen molar-refractivity contribution in [2.24, 2.45) is 0 Å². The van der Waals surface area contributed by atoms with E-state index in [0.29, 0.717) is 0 Å². The summed E-state index contributed by atoms with van der Waals surface area (Å²) < 4.78 is 1.80. The molecule has 23 heavy (non-hydrogen) atoms. The first kappa shape index (κ1) is 13.8. The third kappa shape index (κ3) is 2.78. The second kappa shape index (κ2) is 5.78. The van der Waals surface area contributed by atoms with Gasteiger partial charge in [0.1, 0.15) is 5.01 Å². The normalized spacial score (nSPS) is 11.5. The Morgan fingerprint density at radius 1 is 0.957 bits per heavy atom. The van der Waals surface area contributed by atoms with Gasteiger partial charge in [-0.3, -0.25) is 0 Å². The Morgan fingerprint density at radius 2 is 1.83 bits per heavy atom. The first-order valence-corrected chi connectivity index (χ1v) is 8.14. The number of rotatable bonds is 3. The van der Waals surface area contributed by atoms with E-state index in [1.54, 1.807) is 4.52 Å². The Morgan fingerprint density at radius 3 is 2.65 bits per heavy atom. The molecule has 0 amide bonds. The van der Waals surface area contributed by atoms with Crippen LogP contribution in [-0.2, 0) is 0 Å². The zero-order valence-electron chi connectivity index (χ0n) is 12.5. The summed E-state index contributed by atoms with van der Waals surface area (Å²) in [6.45, 7) is 2.09. The largest absolute Gasteiger partial charge is 0.235 e. The maximum atomic E-state index is 4.61. The van der Waals surface area contributed by atoms with E-state index in [0.717, 1.165) is 21.4 Å². The van der Waals surface area contributed by atoms with Crippen LogP contribution in [0, 0.1) is 6.92 Å². The molecule has 112 valence electrons. The van der Waals surface area contributed by atoms with Crippen LogP contribution in [0.5, 0.6) is 0 Å². The molecule has 0 bridgehead atoms. The van der Waals surface area contributed by atoms with Crippen molar-refractivity contribution in [3.63, 3.8) is 0 Å². The Kier molecular flexibility index (Phi) is 3.48. The van der Waals surface area contributed by atoms with Crippen LogP contribution in [0.1, 0.15) is 16.1 Å². The van der Waals surface area contributed by atoms with Crippen LogP contribution in [0.2, 0.25) is 0 Å². The Bertz CT molecular complexity index is 983. The van der Waals surface area contributed by atoms with E-state index >= 15 is 0 Å².